The summed E-state index contributed by atoms with van der Waals surface area (Å²) in [5.41, 5.74) is 8.04. The molecule has 198 valence electrons. The Kier molecular flexibility index (Phi) is 7.12. The topological polar surface area (TPSA) is 50.1 Å². The number of rotatable bonds is 6. The highest BCUT2D eigenvalue weighted by Gasteiger charge is 2.24. The van der Waals surface area contributed by atoms with Crippen molar-refractivity contribution < 1.29 is 0 Å². The van der Waals surface area contributed by atoms with Crippen molar-refractivity contribution in [3.63, 3.8) is 0 Å². The number of benzene rings is 3. The summed E-state index contributed by atoms with van der Waals surface area (Å²) in [6.07, 6.45) is 1.78. The number of hydrogen-bond acceptors (Lipinski definition) is 5. The van der Waals surface area contributed by atoms with Crippen LogP contribution in [0.1, 0.15) is 40.2 Å². The second kappa shape index (κ2) is 11.0. The normalized spacial score (nSPS) is 14.6. The number of para-hydroxylation sites is 1. The first-order valence-corrected chi connectivity index (χ1v) is 13.9. The van der Waals surface area contributed by atoms with E-state index in [1.165, 1.54) is 22.3 Å². The minimum Gasteiger partial charge on any atom is -0.355 e. The lowest BCUT2D eigenvalue weighted by atomic mass is 10.1. The van der Waals surface area contributed by atoms with E-state index in [1.807, 2.05) is 22.9 Å². The number of anilines is 1. The van der Waals surface area contributed by atoms with Crippen LogP contribution in [-0.4, -0.2) is 50.8 Å². The fraction of sp³-hybridized carbons (Fsp3) is 0.303. The van der Waals surface area contributed by atoms with Gasteiger partial charge in [-0.2, -0.15) is 5.10 Å². The number of fused-ring (bicyclic) bond motifs is 1. The summed E-state index contributed by atoms with van der Waals surface area (Å²) >= 11 is 0. The van der Waals surface area contributed by atoms with E-state index >= 15 is 0 Å². The predicted molar refractivity (Wildman–Crippen MR) is 159 cm³/mol. The maximum absolute atomic E-state index is 5.22. The molecule has 3 heterocycles. The Bertz CT molecular complexity index is 1570. The van der Waals surface area contributed by atoms with Crippen LogP contribution in [0.3, 0.4) is 0 Å². The fourth-order valence-electron chi connectivity index (χ4n) is 5.56. The highest BCUT2D eigenvalue weighted by atomic mass is 15.3. The van der Waals surface area contributed by atoms with Crippen molar-refractivity contribution in [3.8, 4) is 5.69 Å². The lowest BCUT2D eigenvalue weighted by Crippen LogP contribution is -2.31. The predicted octanol–water partition coefficient (Wildman–Crippen LogP) is 6.04. The number of hydrogen-bond donors (Lipinski definition) is 0. The van der Waals surface area contributed by atoms with Crippen LogP contribution in [0.15, 0.2) is 78.9 Å². The quantitative estimate of drug-likeness (QED) is 0.275. The van der Waals surface area contributed by atoms with Crippen molar-refractivity contribution in [2.24, 2.45) is 0 Å². The van der Waals surface area contributed by atoms with E-state index < -0.39 is 0 Å². The second-order valence-corrected chi connectivity index (χ2v) is 10.8. The zero-order valence-electron chi connectivity index (χ0n) is 23.1. The highest BCUT2D eigenvalue weighted by molar-refractivity contribution is 5.91. The van der Waals surface area contributed by atoms with Crippen molar-refractivity contribution in [2.45, 2.75) is 40.2 Å². The Morgan fingerprint density at radius 1 is 0.718 bits per heavy atom. The van der Waals surface area contributed by atoms with Gasteiger partial charge in [-0.15, -0.1) is 0 Å². The smallest absolute Gasteiger partial charge is 0.169 e. The molecule has 3 aromatic carbocycles. The molecule has 0 radical (unpaired) electrons. The monoisotopic (exact) mass is 516 g/mol. The van der Waals surface area contributed by atoms with Gasteiger partial charge in [0.2, 0.25) is 0 Å². The number of aromatic nitrogens is 4. The van der Waals surface area contributed by atoms with Gasteiger partial charge in [-0.25, -0.2) is 14.6 Å². The summed E-state index contributed by atoms with van der Waals surface area (Å²) in [6.45, 7) is 11.3. The van der Waals surface area contributed by atoms with Gasteiger partial charge >= 0.3 is 0 Å². The molecule has 0 aliphatic carbocycles. The van der Waals surface area contributed by atoms with Crippen LogP contribution in [0.5, 0.6) is 0 Å². The Labute approximate surface area is 230 Å². The van der Waals surface area contributed by atoms with Crippen LogP contribution in [0, 0.1) is 20.8 Å². The second-order valence-electron chi connectivity index (χ2n) is 10.8. The Hall–Kier alpha value is -4.03. The van der Waals surface area contributed by atoms with Gasteiger partial charge in [0.05, 0.1) is 16.8 Å². The van der Waals surface area contributed by atoms with E-state index in [9.17, 15) is 0 Å². The summed E-state index contributed by atoms with van der Waals surface area (Å²) in [7, 11) is 0. The molecule has 39 heavy (non-hydrogen) atoms. The van der Waals surface area contributed by atoms with Gasteiger partial charge < -0.3 is 4.90 Å². The van der Waals surface area contributed by atoms with E-state index in [1.54, 1.807) is 0 Å². The molecule has 0 N–H and O–H groups in total. The molecule has 5 aromatic rings. The summed E-state index contributed by atoms with van der Waals surface area (Å²) in [4.78, 5) is 15.3. The molecule has 1 saturated heterocycles. The minimum absolute atomic E-state index is 0.690. The fourth-order valence-corrected chi connectivity index (χ4v) is 5.56. The Balaban J connectivity index is 1.36. The molecule has 2 aromatic heterocycles. The Morgan fingerprint density at radius 3 is 2.33 bits per heavy atom. The minimum atomic E-state index is 0.690. The van der Waals surface area contributed by atoms with E-state index in [0.717, 1.165) is 73.2 Å². The van der Waals surface area contributed by atoms with Crippen LogP contribution < -0.4 is 4.90 Å². The van der Waals surface area contributed by atoms with Gasteiger partial charge in [-0.1, -0.05) is 77.9 Å². The molecule has 6 nitrogen and oxygen atoms in total. The van der Waals surface area contributed by atoms with Crippen LogP contribution in [0.2, 0.25) is 0 Å². The molecule has 1 aliphatic rings. The Morgan fingerprint density at radius 2 is 1.54 bits per heavy atom. The molecule has 0 amide bonds. The van der Waals surface area contributed by atoms with Gasteiger partial charge in [0.25, 0.3) is 0 Å². The average molecular weight is 517 g/mol. The molecule has 0 unspecified atom stereocenters. The molecule has 1 fully saturated rings. The van der Waals surface area contributed by atoms with Gasteiger partial charge in [0.1, 0.15) is 11.6 Å². The van der Waals surface area contributed by atoms with Gasteiger partial charge in [-0.3, -0.25) is 4.90 Å². The molecule has 0 saturated carbocycles. The first kappa shape index (κ1) is 25.3. The molecule has 0 spiro atoms. The summed E-state index contributed by atoms with van der Waals surface area (Å²) in [6, 6.07) is 27.8. The van der Waals surface area contributed by atoms with Crippen LogP contribution in [0.4, 0.5) is 5.82 Å². The standard InChI is InChI=1S/C33H36N6/c1-24-13-15-27(16-14-24)22-30-34-32(31-26(3)36-39(33(31)35-30)29-11-5-4-6-12-29)38-18-8-17-37(19-20-38)23-28-10-7-9-25(2)21-28/h4-7,9-16,21H,8,17-20,22-23H2,1-3H3. The van der Waals surface area contributed by atoms with Crippen LogP contribution in [0.25, 0.3) is 16.7 Å². The van der Waals surface area contributed by atoms with Gasteiger partial charge in [-0.05, 0) is 50.5 Å². The van der Waals surface area contributed by atoms with E-state index in [4.69, 9.17) is 15.1 Å². The maximum atomic E-state index is 5.22. The zero-order chi connectivity index (χ0) is 26.8. The summed E-state index contributed by atoms with van der Waals surface area (Å²) in [5.74, 6) is 1.85. The van der Waals surface area contributed by atoms with Crippen molar-refractivity contribution in [1.29, 1.82) is 0 Å². The van der Waals surface area contributed by atoms with Crippen molar-refractivity contribution in [1.82, 2.24) is 24.6 Å². The zero-order valence-corrected chi connectivity index (χ0v) is 23.1. The molecule has 6 rings (SSSR count). The molecule has 0 bridgehead atoms. The maximum Gasteiger partial charge on any atom is 0.169 e. The van der Waals surface area contributed by atoms with E-state index in [0.29, 0.717) is 6.42 Å². The van der Waals surface area contributed by atoms with E-state index in [-0.39, 0.29) is 0 Å². The lowest BCUT2D eigenvalue weighted by molar-refractivity contribution is 0.285. The third-order valence-corrected chi connectivity index (χ3v) is 7.59. The molecule has 1 aliphatic heterocycles. The first-order chi connectivity index (χ1) is 19.0. The van der Waals surface area contributed by atoms with Crippen LogP contribution >= 0.6 is 0 Å². The van der Waals surface area contributed by atoms with Crippen molar-refractivity contribution in [2.75, 3.05) is 31.1 Å². The molecular weight excluding hydrogens is 480 g/mol. The third kappa shape index (κ3) is 5.57. The van der Waals surface area contributed by atoms with E-state index in [2.05, 4.69) is 91.2 Å². The lowest BCUT2D eigenvalue weighted by Gasteiger charge is -2.24. The SMILES string of the molecule is Cc1ccc(Cc2nc(N3CCCN(Cc4cccc(C)c4)CC3)c3c(C)nn(-c4ccccc4)c3n2)cc1. The number of aryl methyl sites for hydroxylation is 3. The largest absolute Gasteiger partial charge is 0.355 e. The third-order valence-electron chi connectivity index (χ3n) is 7.59. The van der Waals surface area contributed by atoms with Crippen molar-refractivity contribution >= 4 is 16.9 Å². The molecular formula is C33H36N6. The number of nitrogens with zero attached hydrogens (tertiary/aromatic N) is 6. The molecule has 6 heteroatoms. The van der Waals surface area contributed by atoms with Crippen molar-refractivity contribution in [3.05, 3.63) is 113 Å². The van der Waals surface area contributed by atoms with Crippen LogP contribution in [-0.2, 0) is 13.0 Å². The average Bonchev–Trinajstić information content (AvgIpc) is 3.11. The first-order valence-electron chi connectivity index (χ1n) is 13.9. The highest BCUT2D eigenvalue weighted by Crippen LogP contribution is 2.30. The summed E-state index contributed by atoms with van der Waals surface area (Å²) < 4.78 is 1.98. The van der Waals surface area contributed by atoms with Gasteiger partial charge in [0, 0.05) is 39.1 Å². The molecule has 0 atom stereocenters. The van der Waals surface area contributed by atoms with Gasteiger partial charge in [0.15, 0.2) is 5.65 Å². The summed E-state index contributed by atoms with van der Waals surface area (Å²) in [5, 5.41) is 6.01.